The maximum atomic E-state index is 2.44. The van der Waals surface area contributed by atoms with Gasteiger partial charge in [0.25, 0.3) is 0 Å². The fourth-order valence-corrected chi connectivity index (χ4v) is 2.35. The van der Waals surface area contributed by atoms with Crippen LogP contribution in [0.2, 0.25) is 0 Å². The molecular weight excluding hydrogens is 240 g/mol. The molecule has 0 aliphatic rings. The number of rotatable bonds is 7. The van der Waals surface area contributed by atoms with E-state index >= 15 is 0 Å². The molecule has 0 radical (unpaired) electrons. The summed E-state index contributed by atoms with van der Waals surface area (Å²) in [5, 5.41) is 0. The molecule has 2 unspecified atom stereocenters. The molecule has 2 atom stereocenters. The Bertz CT molecular complexity index is 155. The van der Waals surface area contributed by atoms with Crippen molar-refractivity contribution < 1.29 is 0 Å². The highest BCUT2D eigenvalue weighted by Crippen LogP contribution is 2.29. The molecule has 0 saturated heterocycles. The molecule has 20 heavy (non-hydrogen) atoms. The molecule has 0 saturated carbocycles. The third-order valence-corrected chi connectivity index (χ3v) is 3.22. The van der Waals surface area contributed by atoms with Gasteiger partial charge in [-0.3, -0.25) is 0 Å². The monoisotopic (exact) mass is 286 g/mol. The van der Waals surface area contributed by atoms with Gasteiger partial charge in [-0.1, -0.05) is 108 Å². The van der Waals surface area contributed by atoms with Gasteiger partial charge >= 0.3 is 0 Å². The Balaban J connectivity index is -0.000000346. The standard InChI is InChI=1S/C13H28.C5H12.C2H6/c1-6-8-10-12(5)13(9-7-2)11(3)4;1-5(2,3)4;1-2/h11-13H,6-10H2,1-5H3;1-4H3;1-2H3. The average Bonchev–Trinajstić information content (AvgIpc) is 2.33. The Hall–Kier alpha value is 0. The van der Waals surface area contributed by atoms with Crippen LogP contribution in [0.15, 0.2) is 0 Å². The molecule has 0 heteroatoms. The van der Waals surface area contributed by atoms with Crippen LogP contribution >= 0.6 is 0 Å². The highest BCUT2D eigenvalue weighted by molar-refractivity contribution is 4.69. The third-order valence-electron chi connectivity index (χ3n) is 3.22. The van der Waals surface area contributed by atoms with E-state index in [2.05, 4.69) is 62.3 Å². The Kier molecular flexibility index (Phi) is 19.2. The number of hydrogen-bond acceptors (Lipinski definition) is 0. The van der Waals surface area contributed by atoms with Gasteiger partial charge in [-0.15, -0.1) is 0 Å². The molecule has 0 aromatic carbocycles. The van der Waals surface area contributed by atoms with Crippen molar-refractivity contribution in [2.24, 2.45) is 23.2 Å². The van der Waals surface area contributed by atoms with Crippen molar-refractivity contribution in [1.82, 2.24) is 0 Å². The minimum Gasteiger partial charge on any atom is -0.0683 e. The van der Waals surface area contributed by atoms with Crippen LogP contribution in [0.25, 0.3) is 0 Å². The lowest BCUT2D eigenvalue weighted by atomic mass is 9.79. The Labute approximate surface area is 132 Å². The first-order valence-corrected chi connectivity index (χ1v) is 9.13. The summed E-state index contributed by atoms with van der Waals surface area (Å²) < 4.78 is 0. The maximum Gasteiger partial charge on any atom is -0.0365 e. The van der Waals surface area contributed by atoms with Gasteiger partial charge in [-0.25, -0.2) is 0 Å². The fraction of sp³-hybridized carbons (Fsp3) is 1.00. The van der Waals surface area contributed by atoms with Crippen molar-refractivity contribution in [3.8, 4) is 0 Å². The lowest BCUT2D eigenvalue weighted by molar-refractivity contribution is 0.236. The van der Waals surface area contributed by atoms with Crippen LogP contribution in [-0.4, -0.2) is 0 Å². The molecule has 0 aromatic heterocycles. The van der Waals surface area contributed by atoms with Crippen molar-refractivity contribution in [2.45, 2.75) is 108 Å². The van der Waals surface area contributed by atoms with Crippen molar-refractivity contribution in [1.29, 1.82) is 0 Å². The first-order valence-electron chi connectivity index (χ1n) is 9.13. The van der Waals surface area contributed by atoms with Crippen LogP contribution in [-0.2, 0) is 0 Å². The summed E-state index contributed by atoms with van der Waals surface area (Å²) in [5.41, 5.74) is 0.500. The fourth-order valence-electron chi connectivity index (χ4n) is 2.35. The second kappa shape index (κ2) is 15.4. The third kappa shape index (κ3) is 23.1. The molecule has 0 rings (SSSR count). The van der Waals surface area contributed by atoms with E-state index in [0.717, 1.165) is 17.8 Å². The van der Waals surface area contributed by atoms with E-state index in [0.29, 0.717) is 5.41 Å². The average molecular weight is 287 g/mol. The van der Waals surface area contributed by atoms with Crippen molar-refractivity contribution in [3.05, 3.63) is 0 Å². The predicted molar refractivity (Wildman–Crippen MR) is 98.4 cm³/mol. The van der Waals surface area contributed by atoms with E-state index in [-0.39, 0.29) is 0 Å². The number of unbranched alkanes of at least 4 members (excludes halogenated alkanes) is 1. The molecule has 0 heterocycles. The summed E-state index contributed by atoms with van der Waals surface area (Å²) in [4.78, 5) is 0. The van der Waals surface area contributed by atoms with Gasteiger partial charge in [0.1, 0.15) is 0 Å². The minimum atomic E-state index is 0.500. The molecular formula is C20H46. The van der Waals surface area contributed by atoms with Gasteiger partial charge < -0.3 is 0 Å². The maximum absolute atomic E-state index is 2.44. The van der Waals surface area contributed by atoms with Gasteiger partial charge in [0, 0.05) is 0 Å². The van der Waals surface area contributed by atoms with Gasteiger partial charge in [0.2, 0.25) is 0 Å². The molecule has 126 valence electrons. The smallest absolute Gasteiger partial charge is 0.0365 e. The summed E-state index contributed by atoms with van der Waals surface area (Å²) in [7, 11) is 0. The molecule has 0 aromatic rings. The van der Waals surface area contributed by atoms with Gasteiger partial charge in [-0.2, -0.15) is 0 Å². The summed E-state index contributed by atoms with van der Waals surface area (Å²) in [5.74, 6) is 2.75. The SMILES string of the molecule is CC.CC(C)(C)C.CCCCC(C)C(CCC)C(C)C. The van der Waals surface area contributed by atoms with Crippen LogP contribution < -0.4 is 0 Å². The highest BCUT2D eigenvalue weighted by Gasteiger charge is 2.18. The molecule has 0 fully saturated rings. The van der Waals surface area contributed by atoms with Crippen LogP contribution in [0, 0.1) is 23.2 Å². The zero-order valence-electron chi connectivity index (χ0n) is 16.8. The van der Waals surface area contributed by atoms with E-state index in [9.17, 15) is 0 Å². The van der Waals surface area contributed by atoms with E-state index in [1.54, 1.807) is 0 Å². The molecule has 0 nitrogen and oxygen atoms in total. The van der Waals surface area contributed by atoms with E-state index in [4.69, 9.17) is 0 Å². The Morgan fingerprint density at radius 1 is 0.750 bits per heavy atom. The predicted octanol–water partition coefficient (Wildman–Crippen LogP) is 7.96. The first kappa shape index (κ1) is 25.0. The largest absolute Gasteiger partial charge is 0.0683 e. The molecule has 0 amide bonds. The van der Waals surface area contributed by atoms with Gasteiger partial charge in [0.15, 0.2) is 0 Å². The van der Waals surface area contributed by atoms with Crippen LogP contribution in [0.5, 0.6) is 0 Å². The molecule has 0 aliphatic carbocycles. The molecule has 0 N–H and O–H groups in total. The highest BCUT2D eigenvalue weighted by atomic mass is 14.2. The lowest BCUT2D eigenvalue weighted by Crippen LogP contribution is -2.17. The zero-order chi connectivity index (χ0) is 16.8. The summed E-state index contributed by atoms with van der Waals surface area (Å²) >= 11 is 0. The summed E-state index contributed by atoms with van der Waals surface area (Å²) in [6.07, 6.45) is 6.95. The van der Waals surface area contributed by atoms with Crippen molar-refractivity contribution in [3.63, 3.8) is 0 Å². The van der Waals surface area contributed by atoms with E-state index < -0.39 is 0 Å². The van der Waals surface area contributed by atoms with Crippen molar-refractivity contribution in [2.75, 3.05) is 0 Å². The molecule has 0 aliphatic heterocycles. The van der Waals surface area contributed by atoms with Crippen LogP contribution in [0.3, 0.4) is 0 Å². The second-order valence-corrected chi connectivity index (χ2v) is 7.82. The normalized spacial score (nSPS) is 13.8. The van der Waals surface area contributed by atoms with Gasteiger partial charge in [-0.05, 0) is 23.2 Å². The van der Waals surface area contributed by atoms with Crippen LogP contribution in [0.4, 0.5) is 0 Å². The zero-order valence-corrected chi connectivity index (χ0v) is 16.8. The Morgan fingerprint density at radius 3 is 1.40 bits per heavy atom. The quantitative estimate of drug-likeness (QED) is 0.445. The summed E-state index contributed by atoms with van der Waals surface area (Å²) in [6.45, 7) is 24.5. The topological polar surface area (TPSA) is 0 Å². The molecule has 0 spiro atoms. The van der Waals surface area contributed by atoms with Crippen molar-refractivity contribution >= 4 is 0 Å². The lowest BCUT2D eigenvalue weighted by Gasteiger charge is -2.27. The van der Waals surface area contributed by atoms with E-state index in [1.165, 1.54) is 32.1 Å². The first-order chi connectivity index (χ1) is 9.13. The van der Waals surface area contributed by atoms with Gasteiger partial charge in [0.05, 0.1) is 0 Å². The Morgan fingerprint density at radius 2 is 1.15 bits per heavy atom. The minimum absolute atomic E-state index is 0.500. The van der Waals surface area contributed by atoms with Crippen LogP contribution in [0.1, 0.15) is 108 Å². The second-order valence-electron chi connectivity index (χ2n) is 7.82. The summed E-state index contributed by atoms with van der Waals surface area (Å²) in [6, 6.07) is 0. The van der Waals surface area contributed by atoms with E-state index in [1.807, 2.05) is 13.8 Å². The number of hydrogen-bond donors (Lipinski definition) is 0. The molecule has 0 bridgehead atoms.